The lowest BCUT2D eigenvalue weighted by Gasteiger charge is -2.71. The minimum atomic E-state index is -4.86. The van der Waals surface area contributed by atoms with Crippen LogP contribution in [0.2, 0.25) is 5.02 Å². The number of aliphatic hydroxyl groups is 4. The van der Waals surface area contributed by atoms with E-state index in [1.807, 2.05) is 13.0 Å². The third-order valence-electron chi connectivity index (χ3n) is 15.1. The molecule has 3 fully saturated rings. The van der Waals surface area contributed by atoms with E-state index in [9.17, 15) is 46.8 Å². The van der Waals surface area contributed by atoms with Crippen molar-refractivity contribution in [3.05, 3.63) is 100 Å². The molecule has 0 radical (unpaired) electrons. The molecule has 8 nitrogen and oxygen atoms in total. The van der Waals surface area contributed by atoms with E-state index in [0.717, 1.165) is 18.2 Å². The molecule has 0 saturated heterocycles. The van der Waals surface area contributed by atoms with Gasteiger partial charge in [0.15, 0.2) is 5.76 Å². The Kier molecular flexibility index (Phi) is 10.6. The topological polar surface area (TPSA) is 124 Å². The second kappa shape index (κ2) is 14.7. The van der Waals surface area contributed by atoms with Crippen molar-refractivity contribution < 1.29 is 60.7 Å². The number of carbonyl (C=O) groups excluding carboxylic acids is 1. The summed E-state index contributed by atoms with van der Waals surface area (Å²) in [6.45, 7) is 3.83. The lowest BCUT2D eigenvalue weighted by Crippen LogP contribution is -2.67. The van der Waals surface area contributed by atoms with Crippen LogP contribution in [0.1, 0.15) is 80.5 Å². The minimum Gasteiger partial charge on any atom is -0.453 e. The van der Waals surface area contributed by atoms with Crippen LogP contribution in [0.3, 0.4) is 0 Å². The van der Waals surface area contributed by atoms with Gasteiger partial charge in [0.25, 0.3) is 0 Å². The summed E-state index contributed by atoms with van der Waals surface area (Å²) in [7, 11) is 0. The fourth-order valence-electron chi connectivity index (χ4n) is 12.2. The first kappa shape index (κ1) is 43.0. The number of carbonyl (C=O) groups is 1. The molecule has 1 aromatic heterocycles. The minimum absolute atomic E-state index is 0.00639. The first-order chi connectivity index (χ1) is 28.1. The normalized spacial score (nSPS) is 33.9. The summed E-state index contributed by atoms with van der Waals surface area (Å²) in [5.74, 6) is -1.29. The average molecular weight is 864 g/mol. The van der Waals surface area contributed by atoms with Gasteiger partial charge >= 0.3 is 12.5 Å². The SMILES string of the molecule is CC12CCC(O)CC13C=CC1(C(C(=O)c4ccc(-c5cc(C(F)(F)F)ccc5Cl)o4)=C3)C2CCC2(C)C1CCC2(O)CN(Cc1ccc(OC(F)(F)F)cc1)CC(O)CO. The molecule has 4 N–H and O–H groups in total. The molecule has 60 heavy (non-hydrogen) atoms. The highest BCUT2D eigenvalue weighted by Gasteiger charge is 2.74. The molecule has 9 unspecified atom stereocenters. The fourth-order valence-corrected chi connectivity index (χ4v) is 12.4. The van der Waals surface area contributed by atoms with Gasteiger partial charge in [-0.15, -0.1) is 13.2 Å². The van der Waals surface area contributed by atoms with Gasteiger partial charge in [-0.2, -0.15) is 13.2 Å². The molecule has 2 aromatic carbocycles. The zero-order valence-electron chi connectivity index (χ0n) is 33.1. The molecule has 324 valence electrons. The number of halogens is 7. The predicted octanol–water partition coefficient (Wildman–Crippen LogP) is 9.15. The quantitative estimate of drug-likeness (QED) is 0.0856. The van der Waals surface area contributed by atoms with Gasteiger partial charge in [0.05, 0.1) is 35.0 Å². The van der Waals surface area contributed by atoms with Crippen molar-refractivity contribution in [2.24, 2.45) is 33.5 Å². The Morgan fingerprint density at radius 2 is 1.63 bits per heavy atom. The standard InChI is InChI=1S/C45H48ClF6NO7/c1-39-14-11-28(55)20-41(39)17-18-43(32(21-41)38(57)35-10-9-34(59-35)31-19-27(44(47,48)49)5-8-33(31)46)36(39)12-15-40(2)37(43)13-16-42(40,58)25-53(23-29(56)24-54)22-26-3-6-30(7-4-26)60-45(50,51)52/h3-10,17-19,21,28-29,36-37,54-56,58H,11-16,20,22-25H2,1-2H3. The molecule has 2 spiro atoms. The molecule has 9 rings (SSSR count). The molecule has 1 heterocycles. The highest BCUT2D eigenvalue weighted by Crippen LogP contribution is 2.78. The third kappa shape index (κ3) is 6.93. The van der Waals surface area contributed by atoms with E-state index in [1.165, 1.54) is 36.4 Å². The molecule has 15 heteroatoms. The summed E-state index contributed by atoms with van der Waals surface area (Å²) in [4.78, 5) is 16.9. The van der Waals surface area contributed by atoms with Crippen molar-refractivity contribution in [2.45, 2.75) is 95.7 Å². The number of aliphatic hydroxyl groups excluding tert-OH is 3. The van der Waals surface area contributed by atoms with Gasteiger partial charge in [-0.3, -0.25) is 9.69 Å². The van der Waals surface area contributed by atoms with Gasteiger partial charge in [0.2, 0.25) is 5.78 Å². The Balaban J connectivity index is 1.16. The van der Waals surface area contributed by atoms with Crippen LogP contribution < -0.4 is 4.74 Å². The summed E-state index contributed by atoms with van der Waals surface area (Å²) in [5, 5.41) is 44.5. The number of benzene rings is 2. The number of alkyl halides is 6. The van der Waals surface area contributed by atoms with Gasteiger partial charge < -0.3 is 29.6 Å². The number of fused-ring (bicyclic) bond motifs is 1. The summed E-state index contributed by atoms with van der Waals surface area (Å²) >= 11 is 6.36. The number of ether oxygens (including phenoxy) is 1. The monoisotopic (exact) mass is 863 g/mol. The fraction of sp³-hybridized carbons (Fsp3) is 0.533. The highest BCUT2D eigenvalue weighted by atomic mass is 35.5. The number of rotatable bonds is 11. The number of hydrogen-bond acceptors (Lipinski definition) is 8. The van der Waals surface area contributed by atoms with E-state index in [1.54, 1.807) is 4.90 Å². The number of ketones is 1. The lowest BCUT2D eigenvalue weighted by atomic mass is 9.32. The van der Waals surface area contributed by atoms with E-state index in [2.05, 4.69) is 23.8 Å². The third-order valence-corrected chi connectivity index (χ3v) is 15.4. The number of Topliss-reactive ketones (excluding diaryl/α,β-unsaturated/α-hetero) is 1. The van der Waals surface area contributed by atoms with E-state index >= 15 is 4.79 Å². The van der Waals surface area contributed by atoms with Crippen LogP contribution in [0.5, 0.6) is 5.75 Å². The molecule has 0 aliphatic heterocycles. The van der Waals surface area contributed by atoms with E-state index < -0.39 is 70.3 Å². The highest BCUT2D eigenvalue weighted by molar-refractivity contribution is 6.33. The molecular weight excluding hydrogens is 816 g/mol. The summed E-state index contributed by atoms with van der Waals surface area (Å²) in [6.07, 6.45) is -1.29. The zero-order chi connectivity index (χ0) is 43.3. The van der Waals surface area contributed by atoms with Crippen LogP contribution in [-0.2, 0) is 12.7 Å². The van der Waals surface area contributed by atoms with Crippen LogP contribution in [0.4, 0.5) is 26.3 Å². The molecule has 6 aliphatic carbocycles. The predicted molar refractivity (Wildman–Crippen MR) is 209 cm³/mol. The maximum atomic E-state index is 15.1. The van der Waals surface area contributed by atoms with Crippen LogP contribution >= 0.6 is 11.6 Å². The second-order valence-corrected chi connectivity index (χ2v) is 18.6. The lowest BCUT2D eigenvalue weighted by molar-refractivity contribution is -0.274. The van der Waals surface area contributed by atoms with Crippen molar-refractivity contribution >= 4 is 17.4 Å². The molecule has 3 saturated carbocycles. The zero-order valence-corrected chi connectivity index (χ0v) is 33.9. The largest absolute Gasteiger partial charge is 0.573 e. The maximum absolute atomic E-state index is 15.1. The van der Waals surface area contributed by atoms with E-state index in [0.29, 0.717) is 56.1 Å². The van der Waals surface area contributed by atoms with Gasteiger partial charge in [-0.05, 0) is 110 Å². The molecule has 9 atom stereocenters. The average Bonchev–Trinajstić information content (AvgIpc) is 3.77. The smallest absolute Gasteiger partial charge is 0.453 e. The maximum Gasteiger partial charge on any atom is 0.573 e. The summed E-state index contributed by atoms with van der Waals surface area (Å²) in [6, 6.07) is 11.1. The molecule has 3 aromatic rings. The van der Waals surface area contributed by atoms with Gasteiger partial charge in [0.1, 0.15) is 11.5 Å². The second-order valence-electron chi connectivity index (χ2n) is 18.2. The van der Waals surface area contributed by atoms with E-state index in [-0.39, 0.29) is 59.0 Å². The van der Waals surface area contributed by atoms with Crippen LogP contribution in [0.15, 0.2) is 82.8 Å². The molecule has 6 aliphatic rings. The Morgan fingerprint density at radius 1 is 0.950 bits per heavy atom. The van der Waals surface area contributed by atoms with Gasteiger partial charge in [0, 0.05) is 47.0 Å². The Labute approximate surface area is 348 Å². The summed E-state index contributed by atoms with van der Waals surface area (Å²) < 4.78 is 89.7. The molecule has 2 bridgehead atoms. The Bertz CT molecular complexity index is 2210. The first-order valence-electron chi connectivity index (χ1n) is 20.3. The van der Waals surface area contributed by atoms with Crippen molar-refractivity contribution in [1.82, 2.24) is 4.90 Å². The number of furan rings is 1. The van der Waals surface area contributed by atoms with Crippen molar-refractivity contribution in [3.63, 3.8) is 0 Å². The van der Waals surface area contributed by atoms with Crippen LogP contribution in [-0.4, -0.2) is 75.0 Å². The summed E-state index contributed by atoms with van der Waals surface area (Å²) in [5.41, 5.74) is -4.02. The van der Waals surface area contributed by atoms with E-state index in [4.69, 9.17) is 16.0 Å². The number of allylic oxidation sites excluding steroid dienone is 4. The van der Waals surface area contributed by atoms with Gasteiger partial charge in [-0.25, -0.2) is 0 Å². The first-order valence-corrected chi connectivity index (χ1v) is 20.7. The molecular formula is C45H48ClF6NO7. The number of hydrogen-bond donors (Lipinski definition) is 4. The van der Waals surface area contributed by atoms with Crippen molar-refractivity contribution in [2.75, 3.05) is 19.7 Å². The number of nitrogens with zero attached hydrogens (tertiary/aromatic N) is 1. The van der Waals surface area contributed by atoms with Crippen LogP contribution in [0, 0.1) is 33.5 Å². The van der Waals surface area contributed by atoms with Crippen molar-refractivity contribution in [1.29, 1.82) is 0 Å². The Hall–Kier alpha value is -3.66. The Morgan fingerprint density at radius 3 is 2.32 bits per heavy atom. The molecule has 0 amide bonds. The van der Waals surface area contributed by atoms with Crippen molar-refractivity contribution in [3.8, 4) is 17.1 Å². The van der Waals surface area contributed by atoms with Gasteiger partial charge in [-0.1, -0.05) is 55.8 Å². The van der Waals surface area contributed by atoms with Crippen LogP contribution in [0.25, 0.3) is 11.3 Å².